The minimum absolute atomic E-state index is 0.190. The zero-order valence-corrected chi connectivity index (χ0v) is 17.0. The quantitative estimate of drug-likeness (QED) is 0.427. The lowest BCUT2D eigenvalue weighted by Crippen LogP contribution is -2.42. The van der Waals surface area contributed by atoms with Crippen molar-refractivity contribution in [2.45, 2.75) is 6.92 Å². The molecule has 0 atom stereocenters. The van der Waals surface area contributed by atoms with Crippen molar-refractivity contribution < 1.29 is 14.1 Å². The SMILES string of the molecule is Cc1noc2nc(-c3ccccc3)cc(C(=O)NNC(=O)c3ccc4ccccc4n3)c12. The van der Waals surface area contributed by atoms with Crippen LogP contribution in [0, 0.1) is 6.92 Å². The lowest BCUT2D eigenvalue weighted by Gasteiger charge is -2.10. The van der Waals surface area contributed by atoms with Gasteiger partial charge in [-0.2, -0.15) is 0 Å². The van der Waals surface area contributed by atoms with E-state index in [2.05, 4.69) is 26.0 Å². The van der Waals surface area contributed by atoms with Gasteiger partial charge in [0.05, 0.1) is 27.9 Å². The molecule has 156 valence electrons. The molecule has 3 aromatic heterocycles. The van der Waals surface area contributed by atoms with Crippen LogP contribution < -0.4 is 10.9 Å². The lowest BCUT2D eigenvalue weighted by atomic mass is 10.1. The summed E-state index contributed by atoms with van der Waals surface area (Å²) >= 11 is 0. The molecule has 2 aromatic carbocycles. The van der Waals surface area contributed by atoms with Crippen LogP contribution in [0.2, 0.25) is 0 Å². The number of amides is 2. The van der Waals surface area contributed by atoms with E-state index in [1.807, 2.05) is 54.6 Å². The molecule has 2 N–H and O–H groups in total. The topological polar surface area (TPSA) is 110 Å². The highest BCUT2D eigenvalue weighted by molar-refractivity contribution is 6.08. The summed E-state index contributed by atoms with van der Waals surface area (Å²) in [5.74, 6) is -1.05. The maximum atomic E-state index is 13.0. The number of rotatable bonds is 3. The first kappa shape index (κ1) is 19.4. The molecule has 0 aliphatic heterocycles. The first-order valence-electron chi connectivity index (χ1n) is 9.89. The van der Waals surface area contributed by atoms with Gasteiger partial charge in [0.25, 0.3) is 17.5 Å². The van der Waals surface area contributed by atoms with E-state index in [0.717, 1.165) is 10.9 Å². The smallest absolute Gasteiger partial charge is 0.288 e. The van der Waals surface area contributed by atoms with Gasteiger partial charge >= 0.3 is 0 Å². The number of para-hydroxylation sites is 1. The zero-order valence-electron chi connectivity index (χ0n) is 17.0. The average Bonchev–Trinajstić information content (AvgIpc) is 3.22. The number of nitrogens with one attached hydrogen (secondary N) is 2. The number of hydrazine groups is 1. The Kier molecular flexibility index (Phi) is 4.79. The van der Waals surface area contributed by atoms with Gasteiger partial charge in [-0.15, -0.1) is 0 Å². The summed E-state index contributed by atoms with van der Waals surface area (Å²) < 4.78 is 5.30. The molecule has 2 amide bonds. The fourth-order valence-corrected chi connectivity index (χ4v) is 3.47. The predicted molar refractivity (Wildman–Crippen MR) is 119 cm³/mol. The Morgan fingerprint density at radius 2 is 1.59 bits per heavy atom. The highest BCUT2D eigenvalue weighted by Crippen LogP contribution is 2.26. The standard InChI is InChI=1S/C24H17N5O3/c1-14-21-17(13-20(26-24(21)32-29-14)15-7-3-2-4-8-15)22(30)27-28-23(31)19-12-11-16-9-5-6-10-18(16)25-19/h2-13H,1H3,(H,27,30)(H,28,31). The number of carbonyl (C=O) groups is 2. The van der Waals surface area contributed by atoms with Gasteiger partial charge < -0.3 is 4.52 Å². The Morgan fingerprint density at radius 3 is 2.44 bits per heavy atom. The number of nitrogens with zero attached hydrogens (tertiary/aromatic N) is 3. The van der Waals surface area contributed by atoms with Gasteiger partial charge in [0.1, 0.15) is 5.69 Å². The second-order valence-electron chi connectivity index (χ2n) is 7.17. The molecule has 0 aliphatic rings. The van der Waals surface area contributed by atoms with Crippen LogP contribution in [-0.4, -0.2) is 26.9 Å². The van der Waals surface area contributed by atoms with Gasteiger partial charge in [-0.3, -0.25) is 20.4 Å². The summed E-state index contributed by atoms with van der Waals surface area (Å²) in [4.78, 5) is 34.4. The van der Waals surface area contributed by atoms with E-state index in [1.165, 1.54) is 0 Å². The van der Waals surface area contributed by atoms with Gasteiger partial charge in [0.15, 0.2) is 0 Å². The van der Waals surface area contributed by atoms with E-state index < -0.39 is 11.8 Å². The normalized spacial score (nSPS) is 10.9. The molecule has 0 aliphatic carbocycles. The van der Waals surface area contributed by atoms with Gasteiger partial charge in [-0.05, 0) is 25.1 Å². The third-order valence-corrected chi connectivity index (χ3v) is 5.05. The summed E-state index contributed by atoms with van der Waals surface area (Å²) in [6.07, 6.45) is 0. The van der Waals surface area contributed by atoms with Gasteiger partial charge in [-0.25, -0.2) is 9.97 Å². The molecule has 0 unspecified atom stereocenters. The summed E-state index contributed by atoms with van der Waals surface area (Å²) in [6.45, 7) is 1.73. The number of benzene rings is 2. The molecule has 0 fully saturated rings. The predicted octanol–water partition coefficient (Wildman–Crippen LogP) is 3.82. The molecule has 5 rings (SSSR count). The van der Waals surface area contributed by atoms with Crippen molar-refractivity contribution in [1.29, 1.82) is 0 Å². The maximum absolute atomic E-state index is 13.0. The van der Waals surface area contributed by atoms with E-state index in [0.29, 0.717) is 27.9 Å². The number of hydrogen-bond donors (Lipinski definition) is 2. The van der Waals surface area contributed by atoms with Crippen LogP contribution in [0.3, 0.4) is 0 Å². The van der Waals surface area contributed by atoms with Crippen LogP contribution in [0.5, 0.6) is 0 Å². The van der Waals surface area contributed by atoms with Crippen molar-refractivity contribution in [2.24, 2.45) is 0 Å². The third kappa shape index (κ3) is 3.54. The Bertz CT molecular complexity index is 1480. The van der Waals surface area contributed by atoms with Gasteiger partial charge in [0.2, 0.25) is 0 Å². The van der Waals surface area contributed by atoms with Crippen LogP contribution in [0.1, 0.15) is 26.5 Å². The van der Waals surface area contributed by atoms with Crippen LogP contribution in [0.4, 0.5) is 0 Å². The molecule has 0 spiro atoms. The fraction of sp³-hybridized carbons (Fsp3) is 0.0417. The van der Waals surface area contributed by atoms with Crippen molar-refractivity contribution >= 4 is 33.8 Å². The Hall–Kier alpha value is -4.59. The molecular weight excluding hydrogens is 406 g/mol. The van der Waals surface area contributed by atoms with Gasteiger partial charge in [-0.1, -0.05) is 59.8 Å². The summed E-state index contributed by atoms with van der Waals surface area (Å²) in [5.41, 5.74) is 8.21. The largest absolute Gasteiger partial charge is 0.335 e. The second kappa shape index (κ2) is 7.92. The third-order valence-electron chi connectivity index (χ3n) is 5.05. The zero-order chi connectivity index (χ0) is 22.1. The monoisotopic (exact) mass is 423 g/mol. The Balaban J connectivity index is 1.42. The van der Waals surface area contributed by atoms with Crippen molar-refractivity contribution in [2.75, 3.05) is 0 Å². The number of hydrogen-bond acceptors (Lipinski definition) is 6. The Morgan fingerprint density at radius 1 is 0.844 bits per heavy atom. The molecule has 0 radical (unpaired) electrons. The number of aryl methyl sites for hydroxylation is 1. The van der Waals surface area contributed by atoms with E-state index in [4.69, 9.17) is 4.52 Å². The van der Waals surface area contributed by atoms with Crippen molar-refractivity contribution in [3.8, 4) is 11.3 Å². The number of aromatic nitrogens is 3. The molecule has 8 heteroatoms. The second-order valence-corrected chi connectivity index (χ2v) is 7.17. The fourth-order valence-electron chi connectivity index (χ4n) is 3.47. The van der Waals surface area contributed by atoms with Crippen LogP contribution in [-0.2, 0) is 0 Å². The molecule has 8 nitrogen and oxygen atoms in total. The molecule has 32 heavy (non-hydrogen) atoms. The van der Waals surface area contributed by atoms with E-state index in [9.17, 15) is 9.59 Å². The maximum Gasteiger partial charge on any atom is 0.288 e. The van der Waals surface area contributed by atoms with Crippen molar-refractivity contribution in [3.05, 3.63) is 89.7 Å². The van der Waals surface area contributed by atoms with E-state index >= 15 is 0 Å². The highest BCUT2D eigenvalue weighted by Gasteiger charge is 2.20. The summed E-state index contributed by atoms with van der Waals surface area (Å²) in [7, 11) is 0. The summed E-state index contributed by atoms with van der Waals surface area (Å²) in [6, 6.07) is 21.9. The summed E-state index contributed by atoms with van der Waals surface area (Å²) in [5, 5.41) is 5.34. The van der Waals surface area contributed by atoms with Crippen LogP contribution in [0.15, 0.2) is 77.3 Å². The van der Waals surface area contributed by atoms with Crippen LogP contribution in [0.25, 0.3) is 33.3 Å². The van der Waals surface area contributed by atoms with Crippen LogP contribution >= 0.6 is 0 Å². The van der Waals surface area contributed by atoms with E-state index in [-0.39, 0.29) is 11.4 Å². The number of fused-ring (bicyclic) bond motifs is 2. The molecule has 0 saturated carbocycles. The minimum Gasteiger partial charge on any atom is -0.335 e. The average molecular weight is 423 g/mol. The van der Waals surface area contributed by atoms with Crippen molar-refractivity contribution in [1.82, 2.24) is 26.0 Å². The lowest BCUT2D eigenvalue weighted by molar-refractivity contribution is 0.0845. The molecular formula is C24H17N5O3. The number of carbonyl (C=O) groups excluding carboxylic acids is 2. The molecule has 0 saturated heterocycles. The minimum atomic E-state index is -0.528. The first-order chi connectivity index (χ1) is 15.6. The first-order valence-corrected chi connectivity index (χ1v) is 9.89. The molecule has 0 bridgehead atoms. The number of pyridine rings is 2. The van der Waals surface area contributed by atoms with Crippen molar-refractivity contribution in [3.63, 3.8) is 0 Å². The highest BCUT2D eigenvalue weighted by atomic mass is 16.5. The van der Waals surface area contributed by atoms with Gasteiger partial charge in [0, 0.05) is 10.9 Å². The van der Waals surface area contributed by atoms with E-state index in [1.54, 1.807) is 25.1 Å². The molecule has 3 heterocycles. The Labute approximate surface area is 182 Å². The molecule has 5 aromatic rings.